The molecule has 0 bridgehead atoms. The summed E-state index contributed by atoms with van der Waals surface area (Å²) in [5, 5.41) is 11.8. The second-order valence-electron chi connectivity index (χ2n) is 5.70. The molecular weight excluding hydrogens is 316 g/mol. The first-order chi connectivity index (χ1) is 10.7. The quantitative estimate of drug-likeness (QED) is 0.876. The Balaban J connectivity index is 2.28. The van der Waals surface area contributed by atoms with Gasteiger partial charge in [0.25, 0.3) is 5.91 Å². The van der Waals surface area contributed by atoms with Crippen molar-refractivity contribution in [1.29, 1.82) is 0 Å². The standard InChI is InChI=1S/C17H19ClN2O3/c1-9(2)20-10(3)7-14(11(20)4)16(21)19-12-5-6-13(17(22)23)15(18)8-12/h5-9H,1-4H3,(H,19,21)(H,22,23). The molecule has 0 fully saturated rings. The van der Waals surface area contributed by atoms with Crippen molar-refractivity contribution in [3.8, 4) is 0 Å². The van der Waals surface area contributed by atoms with Crippen LogP contribution >= 0.6 is 11.6 Å². The Labute approximate surface area is 139 Å². The molecule has 2 aromatic rings. The van der Waals surface area contributed by atoms with Crippen LogP contribution in [0, 0.1) is 13.8 Å². The summed E-state index contributed by atoms with van der Waals surface area (Å²) in [5.74, 6) is -1.35. The summed E-state index contributed by atoms with van der Waals surface area (Å²) < 4.78 is 2.09. The van der Waals surface area contributed by atoms with Crippen LogP contribution in [-0.4, -0.2) is 21.6 Å². The fraction of sp³-hybridized carbons (Fsp3) is 0.294. The lowest BCUT2D eigenvalue weighted by Crippen LogP contribution is -2.14. The molecule has 0 aliphatic heterocycles. The molecule has 1 aromatic heterocycles. The molecule has 2 N–H and O–H groups in total. The van der Waals surface area contributed by atoms with E-state index in [4.69, 9.17) is 16.7 Å². The van der Waals surface area contributed by atoms with Gasteiger partial charge in [-0.2, -0.15) is 0 Å². The minimum absolute atomic E-state index is 0.00245. The fourth-order valence-electron chi connectivity index (χ4n) is 2.77. The van der Waals surface area contributed by atoms with E-state index < -0.39 is 5.97 Å². The van der Waals surface area contributed by atoms with Crippen LogP contribution in [0.3, 0.4) is 0 Å². The number of hydrogen-bond donors (Lipinski definition) is 2. The maximum absolute atomic E-state index is 12.5. The van der Waals surface area contributed by atoms with Gasteiger partial charge in [-0.1, -0.05) is 11.6 Å². The summed E-state index contributed by atoms with van der Waals surface area (Å²) in [6, 6.07) is 6.44. The zero-order valence-electron chi connectivity index (χ0n) is 13.5. The Morgan fingerprint density at radius 3 is 2.30 bits per heavy atom. The number of carboxylic acids is 1. The number of hydrogen-bond acceptors (Lipinski definition) is 2. The van der Waals surface area contributed by atoms with Crippen LogP contribution in [0.25, 0.3) is 0 Å². The van der Waals surface area contributed by atoms with E-state index in [2.05, 4.69) is 23.7 Å². The van der Waals surface area contributed by atoms with Gasteiger partial charge < -0.3 is 15.0 Å². The maximum atomic E-state index is 12.5. The summed E-state index contributed by atoms with van der Waals surface area (Å²) in [6.07, 6.45) is 0. The van der Waals surface area contributed by atoms with Crippen LogP contribution in [0.15, 0.2) is 24.3 Å². The Bertz CT molecular complexity index is 778. The minimum atomic E-state index is -1.10. The van der Waals surface area contributed by atoms with Crippen molar-refractivity contribution in [1.82, 2.24) is 4.57 Å². The number of carboxylic acid groups (broad SMARTS) is 1. The van der Waals surface area contributed by atoms with Crippen molar-refractivity contribution in [3.63, 3.8) is 0 Å². The molecular formula is C17H19ClN2O3. The van der Waals surface area contributed by atoms with Crippen molar-refractivity contribution in [2.45, 2.75) is 33.7 Å². The first-order valence-corrected chi connectivity index (χ1v) is 7.62. The smallest absolute Gasteiger partial charge is 0.337 e. The normalized spacial score (nSPS) is 10.9. The predicted octanol–water partition coefficient (Wildman–Crippen LogP) is 4.29. The van der Waals surface area contributed by atoms with Crippen LogP contribution in [0.5, 0.6) is 0 Å². The Morgan fingerprint density at radius 1 is 1.17 bits per heavy atom. The monoisotopic (exact) mass is 334 g/mol. The molecule has 5 nitrogen and oxygen atoms in total. The van der Waals surface area contributed by atoms with E-state index in [0.717, 1.165) is 11.4 Å². The first-order valence-electron chi connectivity index (χ1n) is 7.25. The molecule has 2 rings (SSSR count). The molecule has 0 aliphatic rings. The topological polar surface area (TPSA) is 71.3 Å². The molecule has 0 saturated heterocycles. The number of nitrogens with zero attached hydrogens (tertiary/aromatic N) is 1. The largest absolute Gasteiger partial charge is 0.478 e. The third-order valence-electron chi connectivity index (χ3n) is 3.70. The SMILES string of the molecule is Cc1cc(C(=O)Nc2ccc(C(=O)O)c(Cl)c2)c(C)n1C(C)C. The average molecular weight is 335 g/mol. The highest BCUT2D eigenvalue weighted by Gasteiger charge is 2.18. The third-order valence-corrected chi connectivity index (χ3v) is 4.02. The van der Waals surface area contributed by atoms with Gasteiger partial charge >= 0.3 is 5.97 Å². The zero-order valence-corrected chi connectivity index (χ0v) is 14.2. The van der Waals surface area contributed by atoms with Crippen molar-refractivity contribution in [3.05, 3.63) is 51.8 Å². The fourth-order valence-corrected chi connectivity index (χ4v) is 3.03. The van der Waals surface area contributed by atoms with Gasteiger partial charge in [0.05, 0.1) is 16.1 Å². The number of rotatable bonds is 4. The summed E-state index contributed by atoms with van der Waals surface area (Å²) >= 11 is 5.92. The highest BCUT2D eigenvalue weighted by Crippen LogP contribution is 2.24. The van der Waals surface area contributed by atoms with Gasteiger partial charge in [-0.15, -0.1) is 0 Å². The maximum Gasteiger partial charge on any atom is 0.337 e. The molecule has 0 unspecified atom stereocenters. The third kappa shape index (κ3) is 3.40. The summed E-state index contributed by atoms with van der Waals surface area (Å²) in [6.45, 7) is 7.99. The molecule has 1 aromatic carbocycles. The molecule has 122 valence electrons. The van der Waals surface area contributed by atoms with Gasteiger partial charge in [0.2, 0.25) is 0 Å². The minimum Gasteiger partial charge on any atom is -0.478 e. The van der Waals surface area contributed by atoms with Gasteiger partial charge in [-0.3, -0.25) is 4.79 Å². The van der Waals surface area contributed by atoms with E-state index in [1.165, 1.54) is 18.2 Å². The Hall–Kier alpha value is -2.27. The molecule has 1 amide bonds. The molecule has 1 heterocycles. The van der Waals surface area contributed by atoms with E-state index in [9.17, 15) is 9.59 Å². The molecule has 0 radical (unpaired) electrons. The van der Waals surface area contributed by atoms with Crippen LogP contribution in [0.2, 0.25) is 5.02 Å². The summed E-state index contributed by atoms with van der Waals surface area (Å²) in [7, 11) is 0. The number of nitrogens with one attached hydrogen (secondary N) is 1. The Morgan fingerprint density at radius 2 is 1.83 bits per heavy atom. The van der Waals surface area contributed by atoms with Crippen LogP contribution < -0.4 is 5.32 Å². The summed E-state index contributed by atoms with van der Waals surface area (Å²) in [4.78, 5) is 23.4. The van der Waals surface area contributed by atoms with Crippen molar-refractivity contribution < 1.29 is 14.7 Å². The summed E-state index contributed by atoms with van der Waals surface area (Å²) in [5.41, 5.74) is 2.96. The number of amides is 1. The number of aryl methyl sites for hydroxylation is 1. The van der Waals surface area contributed by atoms with E-state index >= 15 is 0 Å². The lowest BCUT2D eigenvalue weighted by atomic mass is 10.2. The Kier molecular flexibility index (Phi) is 4.80. The molecule has 0 aliphatic carbocycles. The number of carbonyl (C=O) groups excluding carboxylic acids is 1. The van der Waals surface area contributed by atoms with Crippen LogP contribution in [0.4, 0.5) is 5.69 Å². The number of aromatic nitrogens is 1. The molecule has 6 heteroatoms. The van der Waals surface area contributed by atoms with E-state index in [-0.39, 0.29) is 22.5 Å². The van der Waals surface area contributed by atoms with Gasteiger partial charge in [0.1, 0.15) is 0 Å². The van der Waals surface area contributed by atoms with Crippen molar-refractivity contribution in [2.24, 2.45) is 0 Å². The van der Waals surface area contributed by atoms with Crippen molar-refractivity contribution in [2.75, 3.05) is 5.32 Å². The predicted molar refractivity (Wildman–Crippen MR) is 90.7 cm³/mol. The average Bonchev–Trinajstić information content (AvgIpc) is 2.73. The van der Waals surface area contributed by atoms with E-state index in [1.54, 1.807) is 0 Å². The number of benzene rings is 1. The van der Waals surface area contributed by atoms with Gasteiger partial charge in [-0.25, -0.2) is 4.79 Å². The highest BCUT2D eigenvalue weighted by molar-refractivity contribution is 6.33. The number of carbonyl (C=O) groups is 2. The van der Waals surface area contributed by atoms with E-state index in [0.29, 0.717) is 11.3 Å². The van der Waals surface area contributed by atoms with Crippen LogP contribution in [-0.2, 0) is 0 Å². The molecule has 0 atom stereocenters. The highest BCUT2D eigenvalue weighted by atomic mass is 35.5. The van der Waals surface area contributed by atoms with Gasteiger partial charge in [-0.05, 0) is 52.0 Å². The number of aromatic carboxylic acids is 1. The lowest BCUT2D eigenvalue weighted by molar-refractivity contribution is 0.0697. The molecule has 23 heavy (non-hydrogen) atoms. The first kappa shape index (κ1) is 17.1. The number of anilines is 1. The van der Waals surface area contributed by atoms with Gasteiger partial charge in [0, 0.05) is 23.1 Å². The van der Waals surface area contributed by atoms with Crippen molar-refractivity contribution >= 4 is 29.2 Å². The van der Waals surface area contributed by atoms with E-state index in [1.807, 2.05) is 19.9 Å². The second kappa shape index (κ2) is 6.46. The molecule has 0 saturated carbocycles. The lowest BCUT2D eigenvalue weighted by Gasteiger charge is -2.13. The van der Waals surface area contributed by atoms with Gasteiger partial charge in [0.15, 0.2) is 0 Å². The zero-order chi connectivity index (χ0) is 17.3. The second-order valence-corrected chi connectivity index (χ2v) is 6.11. The number of halogens is 1. The molecule has 0 spiro atoms. The van der Waals surface area contributed by atoms with Crippen LogP contribution in [0.1, 0.15) is 52.0 Å².